The van der Waals surface area contributed by atoms with Gasteiger partial charge in [-0.05, 0) is 41.8 Å². The SMILES string of the molecule is Oc1cccc(CC(CCl)c2ccc(Cl)cc2)c1. The van der Waals surface area contributed by atoms with E-state index in [1.54, 1.807) is 12.1 Å². The van der Waals surface area contributed by atoms with Gasteiger partial charge in [-0.1, -0.05) is 35.9 Å². The first-order valence-electron chi connectivity index (χ1n) is 5.78. The molecule has 0 saturated carbocycles. The number of hydrogen-bond acceptors (Lipinski definition) is 1. The Morgan fingerprint density at radius 2 is 1.78 bits per heavy atom. The topological polar surface area (TPSA) is 20.2 Å². The first-order valence-corrected chi connectivity index (χ1v) is 6.69. The van der Waals surface area contributed by atoms with Crippen LogP contribution in [-0.4, -0.2) is 11.0 Å². The van der Waals surface area contributed by atoms with Gasteiger partial charge in [-0.3, -0.25) is 0 Å². The molecule has 0 amide bonds. The molecule has 0 fully saturated rings. The first kappa shape index (κ1) is 13.3. The second kappa shape index (κ2) is 6.12. The number of benzene rings is 2. The van der Waals surface area contributed by atoms with Gasteiger partial charge in [0.1, 0.15) is 5.75 Å². The Morgan fingerprint density at radius 1 is 1.06 bits per heavy atom. The second-order valence-electron chi connectivity index (χ2n) is 4.28. The highest BCUT2D eigenvalue weighted by Gasteiger charge is 2.11. The zero-order valence-electron chi connectivity index (χ0n) is 9.81. The Balaban J connectivity index is 2.17. The minimum absolute atomic E-state index is 0.228. The molecule has 0 saturated heterocycles. The molecule has 0 spiro atoms. The number of hydrogen-bond donors (Lipinski definition) is 1. The monoisotopic (exact) mass is 280 g/mol. The lowest BCUT2D eigenvalue weighted by Gasteiger charge is -2.14. The maximum Gasteiger partial charge on any atom is 0.115 e. The van der Waals surface area contributed by atoms with Gasteiger partial charge in [-0.2, -0.15) is 0 Å². The van der Waals surface area contributed by atoms with Crippen molar-refractivity contribution in [3.8, 4) is 5.75 Å². The minimum Gasteiger partial charge on any atom is -0.508 e. The Hall–Kier alpha value is -1.18. The van der Waals surface area contributed by atoms with Crippen LogP contribution in [0.1, 0.15) is 17.0 Å². The molecule has 0 heterocycles. The van der Waals surface area contributed by atoms with Crippen molar-refractivity contribution in [3.63, 3.8) is 0 Å². The average Bonchev–Trinajstić information content (AvgIpc) is 2.37. The van der Waals surface area contributed by atoms with E-state index in [0.29, 0.717) is 5.88 Å². The normalized spacial score (nSPS) is 12.3. The van der Waals surface area contributed by atoms with Gasteiger partial charge in [0.05, 0.1) is 0 Å². The van der Waals surface area contributed by atoms with Crippen LogP contribution in [0.5, 0.6) is 5.75 Å². The molecule has 1 nitrogen and oxygen atoms in total. The molecule has 0 aliphatic carbocycles. The van der Waals surface area contributed by atoms with E-state index in [4.69, 9.17) is 23.2 Å². The quantitative estimate of drug-likeness (QED) is 0.811. The molecule has 0 aliphatic heterocycles. The molecule has 3 heteroatoms. The molecule has 0 aliphatic rings. The standard InChI is InChI=1S/C15H14Cl2O/c16-10-13(12-4-6-14(17)7-5-12)8-11-2-1-3-15(18)9-11/h1-7,9,13,18H,8,10H2. The fraction of sp³-hybridized carbons (Fsp3) is 0.200. The van der Waals surface area contributed by atoms with Crippen molar-refractivity contribution in [3.05, 3.63) is 64.7 Å². The van der Waals surface area contributed by atoms with Crippen LogP contribution in [0.15, 0.2) is 48.5 Å². The summed E-state index contributed by atoms with van der Waals surface area (Å²) in [5.41, 5.74) is 2.24. The summed E-state index contributed by atoms with van der Waals surface area (Å²) >= 11 is 11.9. The van der Waals surface area contributed by atoms with E-state index in [2.05, 4.69) is 0 Å². The average molecular weight is 281 g/mol. The van der Waals surface area contributed by atoms with Crippen LogP contribution in [0.2, 0.25) is 5.02 Å². The fourth-order valence-electron chi connectivity index (χ4n) is 1.96. The second-order valence-corrected chi connectivity index (χ2v) is 5.02. The summed E-state index contributed by atoms with van der Waals surface area (Å²) < 4.78 is 0. The van der Waals surface area contributed by atoms with E-state index in [-0.39, 0.29) is 11.7 Å². The van der Waals surface area contributed by atoms with Gasteiger partial charge in [-0.25, -0.2) is 0 Å². The number of rotatable bonds is 4. The molecule has 94 valence electrons. The summed E-state index contributed by atoms with van der Waals surface area (Å²) in [7, 11) is 0. The van der Waals surface area contributed by atoms with Crippen LogP contribution in [0, 0.1) is 0 Å². The lowest BCUT2D eigenvalue weighted by atomic mass is 9.93. The molecule has 0 aromatic heterocycles. The van der Waals surface area contributed by atoms with Crippen molar-refractivity contribution < 1.29 is 5.11 Å². The fourth-order valence-corrected chi connectivity index (χ4v) is 2.38. The summed E-state index contributed by atoms with van der Waals surface area (Å²) in [6, 6.07) is 15.0. The van der Waals surface area contributed by atoms with Crippen LogP contribution < -0.4 is 0 Å². The number of phenolic OH excluding ortho intramolecular Hbond substituents is 1. The van der Waals surface area contributed by atoms with Crippen molar-refractivity contribution in [1.29, 1.82) is 0 Å². The lowest BCUT2D eigenvalue weighted by molar-refractivity contribution is 0.474. The largest absolute Gasteiger partial charge is 0.508 e. The number of alkyl halides is 1. The van der Waals surface area contributed by atoms with Crippen LogP contribution in [0.25, 0.3) is 0 Å². The molecule has 2 rings (SSSR count). The Labute approximate surface area is 117 Å². The van der Waals surface area contributed by atoms with Gasteiger partial charge in [0.25, 0.3) is 0 Å². The van der Waals surface area contributed by atoms with E-state index < -0.39 is 0 Å². The zero-order chi connectivity index (χ0) is 13.0. The molecule has 0 bridgehead atoms. The number of halogens is 2. The van der Waals surface area contributed by atoms with E-state index in [0.717, 1.165) is 22.6 Å². The van der Waals surface area contributed by atoms with Crippen molar-refractivity contribution in [2.24, 2.45) is 0 Å². The first-order chi connectivity index (χ1) is 8.69. The molecular weight excluding hydrogens is 267 g/mol. The molecule has 0 radical (unpaired) electrons. The summed E-state index contributed by atoms with van der Waals surface area (Å²) in [5, 5.41) is 10.2. The summed E-state index contributed by atoms with van der Waals surface area (Å²) in [5.74, 6) is 1.06. The van der Waals surface area contributed by atoms with Gasteiger partial charge in [0, 0.05) is 16.8 Å². The van der Waals surface area contributed by atoms with Crippen LogP contribution in [0.3, 0.4) is 0 Å². The summed E-state index contributed by atoms with van der Waals surface area (Å²) in [6.07, 6.45) is 0.805. The minimum atomic E-state index is 0.228. The van der Waals surface area contributed by atoms with Gasteiger partial charge in [0.2, 0.25) is 0 Å². The lowest BCUT2D eigenvalue weighted by Crippen LogP contribution is -2.04. The number of phenols is 1. The van der Waals surface area contributed by atoms with Crippen molar-refractivity contribution in [2.45, 2.75) is 12.3 Å². The summed E-state index contributed by atoms with van der Waals surface area (Å²) in [4.78, 5) is 0. The Bertz CT molecular complexity index is 508. The van der Waals surface area contributed by atoms with E-state index in [1.165, 1.54) is 0 Å². The maximum atomic E-state index is 9.46. The Kier molecular flexibility index (Phi) is 4.51. The summed E-state index contributed by atoms with van der Waals surface area (Å²) in [6.45, 7) is 0. The van der Waals surface area contributed by atoms with Gasteiger partial charge < -0.3 is 5.11 Å². The van der Waals surface area contributed by atoms with Crippen molar-refractivity contribution >= 4 is 23.2 Å². The van der Waals surface area contributed by atoms with E-state index in [9.17, 15) is 5.11 Å². The molecule has 1 unspecified atom stereocenters. The number of aromatic hydroxyl groups is 1. The van der Waals surface area contributed by atoms with Gasteiger partial charge >= 0.3 is 0 Å². The van der Waals surface area contributed by atoms with E-state index >= 15 is 0 Å². The third kappa shape index (κ3) is 3.41. The van der Waals surface area contributed by atoms with Crippen molar-refractivity contribution in [2.75, 3.05) is 5.88 Å². The maximum absolute atomic E-state index is 9.46. The van der Waals surface area contributed by atoms with E-state index in [1.807, 2.05) is 36.4 Å². The smallest absolute Gasteiger partial charge is 0.115 e. The predicted molar refractivity (Wildman–Crippen MR) is 76.7 cm³/mol. The molecule has 1 N–H and O–H groups in total. The molecule has 2 aromatic carbocycles. The third-order valence-corrected chi connectivity index (χ3v) is 3.54. The zero-order valence-corrected chi connectivity index (χ0v) is 11.3. The predicted octanol–water partition coefficient (Wildman–Crippen LogP) is 4.61. The highest BCUT2D eigenvalue weighted by molar-refractivity contribution is 6.30. The highest BCUT2D eigenvalue weighted by atomic mass is 35.5. The van der Waals surface area contributed by atoms with Crippen molar-refractivity contribution in [1.82, 2.24) is 0 Å². The molecule has 18 heavy (non-hydrogen) atoms. The highest BCUT2D eigenvalue weighted by Crippen LogP contribution is 2.25. The third-order valence-electron chi connectivity index (χ3n) is 2.92. The van der Waals surface area contributed by atoms with Gasteiger partial charge in [-0.15, -0.1) is 11.6 Å². The molecule has 2 aromatic rings. The Morgan fingerprint density at radius 3 is 2.39 bits per heavy atom. The molecule has 1 atom stereocenters. The van der Waals surface area contributed by atoms with Gasteiger partial charge in [0.15, 0.2) is 0 Å². The van der Waals surface area contributed by atoms with Crippen LogP contribution >= 0.6 is 23.2 Å². The van der Waals surface area contributed by atoms with Crippen LogP contribution in [-0.2, 0) is 6.42 Å². The molecular formula is C15H14Cl2O. The van der Waals surface area contributed by atoms with Crippen LogP contribution in [0.4, 0.5) is 0 Å².